The average molecular weight is 1120 g/mol. The number of carbonyl (C=O) groups is 2. The summed E-state index contributed by atoms with van der Waals surface area (Å²) in [5.74, 6) is -3.17. The minimum atomic E-state index is -2.10. The first-order valence-corrected chi connectivity index (χ1v) is 28.2. The molecule has 8 fully saturated rings. The fourth-order valence-corrected chi connectivity index (χ4v) is 16.9. The van der Waals surface area contributed by atoms with E-state index in [0.717, 1.165) is 12.8 Å². The topological polar surface area (TPSA) is 382 Å². The summed E-state index contributed by atoms with van der Waals surface area (Å²) >= 11 is 0. The molecule has 78 heavy (non-hydrogen) atoms. The predicted octanol–water partition coefficient (Wildman–Crippen LogP) is -1.28. The third-order valence-corrected chi connectivity index (χ3v) is 22.0. The van der Waals surface area contributed by atoms with Gasteiger partial charge in [0.15, 0.2) is 18.7 Å². The van der Waals surface area contributed by atoms with Crippen molar-refractivity contribution in [3.8, 4) is 0 Å². The van der Waals surface area contributed by atoms with Crippen LogP contribution < -0.4 is 0 Å². The molecule has 0 aromatic heterocycles. The fourth-order valence-electron chi connectivity index (χ4n) is 16.9. The van der Waals surface area contributed by atoms with Crippen LogP contribution in [-0.4, -0.2) is 226 Å². The van der Waals surface area contributed by atoms with E-state index in [0.29, 0.717) is 51.4 Å². The number of carboxylic acids is 1. The van der Waals surface area contributed by atoms with E-state index in [1.165, 1.54) is 5.57 Å². The van der Waals surface area contributed by atoms with Crippen molar-refractivity contribution < 1.29 is 114 Å². The van der Waals surface area contributed by atoms with E-state index in [4.69, 9.17) is 33.2 Å². The molecule has 29 atom stereocenters. The lowest BCUT2D eigenvalue weighted by Crippen LogP contribution is -2.68. The van der Waals surface area contributed by atoms with Gasteiger partial charge in [0.1, 0.15) is 79.4 Å². The number of esters is 1. The van der Waals surface area contributed by atoms with Gasteiger partial charge in [0.05, 0.1) is 43.5 Å². The lowest BCUT2D eigenvalue weighted by atomic mass is 9.33. The molecule has 5 saturated carbocycles. The highest BCUT2D eigenvalue weighted by Crippen LogP contribution is 2.76. The van der Waals surface area contributed by atoms with Gasteiger partial charge in [-0.3, -0.25) is 4.79 Å². The number of carboxylic acid groups (broad SMARTS) is 1. The molecule has 0 spiro atoms. The number of aliphatic hydroxyl groups excluding tert-OH is 13. The lowest BCUT2D eigenvalue weighted by molar-refractivity contribution is -0.383. The summed E-state index contributed by atoms with van der Waals surface area (Å²) in [6.45, 7) is 12.9. The predicted molar refractivity (Wildman–Crippen MR) is 267 cm³/mol. The SMILES string of the molecule is C[C@@H]1C[C@@H](O[C@H]2[C@H](O[C@H]3[C@H](O[C@H]4CC[C@@]5(C)[C@H](CC[C@]6(C)[C@H]5CC=C5[C@@H]7CC(C)(C)CC[C@]7(C(=O)O[C@@H]7O[C@H](CO)[C@@H](O)[C@H](O)[C@H]7O)CC[C@]56C)[C@@]4(C)CO)O[C@H](C(=O)O)[C@@H](O)[C@@H]3O)O[C@H](CO)[C@H](O)[C@@H]2O)[C@H](O)[C@H](O)[C@H]1O. The highest BCUT2D eigenvalue weighted by atomic mass is 16.8. The minimum Gasteiger partial charge on any atom is -0.479 e. The fraction of sp³-hybridized carbons (Fsp3) is 0.927. The normalized spacial score (nSPS) is 54.1. The zero-order chi connectivity index (χ0) is 57.1. The Morgan fingerprint density at radius 2 is 1.21 bits per heavy atom. The van der Waals surface area contributed by atoms with Crippen LogP contribution >= 0.6 is 0 Å². The van der Waals surface area contributed by atoms with E-state index in [1.54, 1.807) is 6.92 Å². The van der Waals surface area contributed by atoms with Gasteiger partial charge in [-0.15, -0.1) is 0 Å². The number of hydrogen-bond donors (Lipinski definition) is 14. The first-order valence-electron chi connectivity index (χ1n) is 28.2. The Morgan fingerprint density at radius 3 is 1.85 bits per heavy atom. The van der Waals surface area contributed by atoms with Crippen LogP contribution in [0.25, 0.3) is 0 Å². The van der Waals surface area contributed by atoms with Gasteiger partial charge in [-0.05, 0) is 116 Å². The molecule has 23 nitrogen and oxygen atoms in total. The van der Waals surface area contributed by atoms with Crippen molar-refractivity contribution in [2.45, 2.75) is 242 Å². The molecule has 446 valence electrons. The van der Waals surface area contributed by atoms with Gasteiger partial charge >= 0.3 is 11.9 Å². The minimum absolute atomic E-state index is 0.0277. The molecule has 14 N–H and O–H groups in total. The molecule has 3 aliphatic heterocycles. The highest BCUT2D eigenvalue weighted by molar-refractivity contribution is 5.79. The van der Waals surface area contributed by atoms with Gasteiger partial charge in [-0.1, -0.05) is 60.1 Å². The number of rotatable bonds is 12. The largest absolute Gasteiger partial charge is 0.479 e. The van der Waals surface area contributed by atoms with Gasteiger partial charge in [0.25, 0.3) is 0 Å². The number of carbonyl (C=O) groups excluding carboxylic acids is 1. The third-order valence-electron chi connectivity index (χ3n) is 22.0. The van der Waals surface area contributed by atoms with Crippen LogP contribution in [0.3, 0.4) is 0 Å². The first-order chi connectivity index (χ1) is 36.5. The van der Waals surface area contributed by atoms with E-state index < -0.39 is 175 Å². The van der Waals surface area contributed by atoms with Crippen LogP contribution in [0.1, 0.15) is 119 Å². The van der Waals surface area contributed by atoms with Crippen molar-refractivity contribution in [3.63, 3.8) is 0 Å². The summed E-state index contributed by atoms with van der Waals surface area (Å²) in [6, 6.07) is 0. The van der Waals surface area contributed by atoms with Crippen molar-refractivity contribution in [2.24, 2.45) is 56.2 Å². The van der Waals surface area contributed by atoms with Crippen LogP contribution in [0.2, 0.25) is 0 Å². The van der Waals surface area contributed by atoms with E-state index in [9.17, 15) is 81.1 Å². The smallest absolute Gasteiger partial charge is 0.335 e. The summed E-state index contributed by atoms with van der Waals surface area (Å²) in [6.07, 6.45) is -24.9. The molecule has 0 radical (unpaired) electrons. The quantitative estimate of drug-likeness (QED) is 0.0615. The van der Waals surface area contributed by atoms with Crippen LogP contribution in [0.15, 0.2) is 11.6 Å². The van der Waals surface area contributed by atoms with Crippen LogP contribution in [0.5, 0.6) is 0 Å². The van der Waals surface area contributed by atoms with Gasteiger partial charge in [0.2, 0.25) is 6.29 Å². The molecule has 23 heteroatoms. The molecule has 3 saturated heterocycles. The van der Waals surface area contributed by atoms with Crippen LogP contribution in [0, 0.1) is 56.2 Å². The molecular weight excluding hydrogens is 1030 g/mol. The molecule has 0 aromatic carbocycles. The molecule has 9 rings (SSSR count). The maximum atomic E-state index is 14.8. The number of aliphatic hydroxyl groups is 13. The molecule has 0 bridgehead atoms. The van der Waals surface area contributed by atoms with Gasteiger partial charge in [-0.25, -0.2) is 4.79 Å². The van der Waals surface area contributed by atoms with Crippen molar-refractivity contribution in [3.05, 3.63) is 11.6 Å². The van der Waals surface area contributed by atoms with Gasteiger partial charge in [-0.2, -0.15) is 0 Å². The molecule has 0 amide bonds. The number of allylic oxidation sites excluding steroid dienone is 2. The van der Waals surface area contributed by atoms with Crippen LogP contribution in [-0.2, 0) is 42.7 Å². The van der Waals surface area contributed by atoms with Gasteiger partial charge < -0.3 is 105 Å². The van der Waals surface area contributed by atoms with Crippen molar-refractivity contribution in [1.29, 1.82) is 0 Å². The van der Waals surface area contributed by atoms with E-state index in [2.05, 4.69) is 40.7 Å². The van der Waals surface area contributed by atoms with Crippen molar-refractivity contribution in [2.75, 3.05) is 19.8 Å². The third kappa shape index (κ3) is 9.64. The Hall–Kier alpha value is -2.08. The van der Waals surface area contributed by atoms with E-state index in [1.807, 2.05) is 6.92 Å². The Kier molecular flexibility index (Phi) is 16.9. The van der Waals surface area contributed by atoms with Gasteiger partial charge in [0, 0.05) is 5.41 Å². The summed E-state index contributed by atoms with van der Waals surface area (Å²) < 4.78 is 42.7. The second-order valence-corrected chi connectivity index (χ2v) is 26.7. The summed E-state index contributed by atoms with van der Waals surface area (Å²) in [4.78, 5) is 27.4. The van der Waals surface area contributed by atoms with Crippen molar-refractivity contribution >= 4 is 11.9 Å². The van der Waals surface area contributed by atoms with E-state index >= 15 is 0 Å². The Morgan fingerprint density at radius 1 is 0.615 bits per heavy atom. The number of ether oxygens (including phenoxy) is 7. The number of hydrogen-bond acceptors (Lipinski definition) is 22. The lowest BCUT2D eigenvalue weighted by Gasteiger charge is -2.71. The number of aliphatic carboxylic acids is 1. The van der Waals surface area contributed by atoms with E-state index in [-0.39, 0.29) is 41.6 Å². The van der Waals surface area contributed by atoms with Crippen molar-refractivity contribution in [1.82, 2.24) is 0 Å². The number of fused-ring (bicyclic) bond motifs is 7. The zero-order valence-corrected chi connectivity index (χ0v) is 45.8. The molecule has 0 aromatic rings. The molecule has 0 unspecified atom stereocenters. The molecule has 3 heterocycles. The Labute approximate surface area is 454 Å². The second kappa shape index (κ2) is 21.8. The summed E-state index contributed by atoms with van der Waals surface area (Å²) in [7, 11) is 0. The first kappa shape index (κ1) is 60.5. The monoisotopic (exact) mass is 1120 g/mol. The van der Waals surface area contributed by atoms with Crippen LogP contribution in [0.4, 0.5) is 0 Å². The summed E-state index contributed by atoms with van der Waals surface area (Å²) in [5, 5.41) is 151. The standard InChI is InChI=1S/C55H88O23/c1-23-18-26(33(60)36(63)32(23)59)72-43-38(65)35(62)28(21-57)74-47(43)77-44-40(67)39(66)42(45(69)70)76-48(44)75-31-11-12-51(4)29(52(31,5)22-58)10-13-54(7)30(51)9-8-24-25-19-50(2,3)14-16-55(25,17-15-53(24,54)6)49(71)78-46-41(68)37(64)34(61)27(20-56)73-46/h8,23,25-44,46-48,56-68H,9-22H2,1-7H3,(H,69,70)/t23-,25+,26-,27-,28-,29+,30+,31+,32+,33+,34-,35+,36-,37+,38+,39+,40+,41-,42+,43-,44-,46+,47+,48-,51+,52-,53-,54-,55+/m1/s1. The molecule has 9 aliphatic rings. The highest BCUT2D eigenvalue weighted by Gasteiger charge is 2.71. The average Bonchev–Trinajstić information content (AvgIpc) is 3.46. The molecular formula is C55H88O23. The molecule has 6 aliphatic carbocycles. The maximum absolute atomic E-state index is 14.8. The Balaban J connectivity index is 0.985. The Bertz CT molecular complexity index is 2200. The maximum Gasteiger partial charge on any atom is 0.335 e. The zero-order valence-electron chi connectivity index (χ0n) is 45.8. The second-order valence-electron chi connectivity index (χ2n) is 26.7. The summed E-state index contributed by atoms with van der Waals surface area (Å²) in [5.41, 5.74) is -2.13.